The van der Waals surface area contributed by atoms with Crippen molar-refractivity contribution in [1.82, 2.24) is 29.9 Å². The molecule has 1 fully saturated rings. The highest BCUT2D eigenvalue weighted by atomic mass is 16.3. The van der Waals surface area contributed by atoms with E-state index in [0.29, 0.717) is 49.6 Å². The highest BCUT2D eigenvalue weighted by Gasteiger charge is 2.26. The maximum atomic E-state index is 12.5. The smallest absolute Gasteiger partial charge is 0.289 e. The number of hydrogen-bond acceptors (Lipinski definition) is 7. The van der Waals surface area contributed by atoms with Crippen LogP contribution in [0.2, 0.25) is 0 Å². The van der Waals surface area contributed by atoms with Crippen LogP contribution in [0.1, 0.15) is 16.1 Å². The van der Waals surface area contributed by atoms with E-state index in [-0.39, 0.29) is 5.91 Å². The number of amides is 1. The summed E-state index contributed by atoms with van der Waals surface area (Å²) in [6.07, 6.45) is 3.06. The van der Waals surface area contributed by atoms with Crippen LogP contribution in [0.15, 0.2) is 59.5 Å². The molecule has 9 heteroatoms. The minimum Gasteiger partial charge on any atom is -0.459 e. The molecule has 0 aliphatic carbocycles. The first-order valence-corrected chi connectivity index (χ1v) is 9.45. The van der Waals surface area contributed by atoms with Crippen molar-refractivity contribution in [3.8, 4) is 0 Å². The van der Waals surface area contributed by atoms with E-state index in [9.17, 15) is 4.79 Å². The molecular weight excluding hydrogens is 370 g/mol. The van der Waals surface area contributed by atoms with Gasteiger partial charge in [0, 0.05) is 26.2 Å². The second kappa shape index (κ2) is 7.34. The van der Waals surface area contributed by atoms with Crippen molar-refractivity contribution >= 4 is 22.9 Å². The molecule has 1 saturated heterocycles. The van der Waals surface area contributed by atoms with Crippen LogP contribution in [0.5, 0.6) is 0 Å². The first kappa shape index (κ1) is 17.4. The van der Waals surface area contributed by atoms with E-state index in [2.05, 4.69) is 25.2 Å². The van der Waals surface area contributed by atoms with Crippen LogP contribution >= 0.6 is 0 Å². The van der Waals surface area contributed by atoms with Crippen molar-refractivity contribution < 1.29 is 9.21 Å². The van der Waals surface area contributed by atoms with Gasteiger partial charge in [0.25, 0.3) is 5.91 Å². The Morgan fingerprint density at radius 1 is 1.00 bits per heavy atom. The topological polar surface area (TPSA) is 93.2 Å². The molecule has 4 aromatic rings. The number of carbonyl (C=O) groups excluding carboxylic acids is 1. The maximum absolute atomic E-state index is 12.5. The number of fused-ring (bicyclic) bond motifs is 1. The molecule has 0 N–H and O–H groups in total. The normalized spacial score (nSPS) is 14.5. The largest absolute Gasteiger partial charge is 0.459 e. The summed E-state index contributed by atoms with van der Waals surface area (Å²) in [6.45, 7) is 3.08. The van der Waals surface area contributed by atoms with Crippen LogP contribution in [-0.4, -0.2) is 61.9 Å². The number of anilines is 1. The number of nitrogens with zero attached hydrogens (tertiary/aromatic N) is 7. The lowest BCUT2D eigenvalue weighted by Gasteiger charge is -2.34. The molecule has 1 amide bonds. The fourth-order valence-electron chi connectivity index (χ4n) is 3.55. The molecule has 0 radical (unpaired) electrons. The van der Waals surface area contributed by atoms with E-state index >= 15 is 0 Å². The molecule has 4 heterocycles. The van der Waals surface area contributed by atoms with Gasteiger partial charge in [0.2, 0.25) is 0 Å². The lowest BCUT2D eigenvalue weighted by molar-refractivity contribution is 0.0714. The summed E-state index contributed by atoms with van der Waals surface area (Å²) < 4.78 is 7.01. The molecule has 0 saturated carbocycles. The van der Waals surface area contributed by atoms with Crippen LogP contribution in [0, 0.1) is 0 Å². The van der Waals surface area contributed by atoms with Crippen molar-refractivity contribution in [2.24, 2.45) is 0 Å². The van der Waals surface area contributed by atoms with E-state index < -0.39 is 0 Å². The first-order valence-electron chi connectivity index (χ1n) is 9.45. The molecule has 29 heavy (non-hydrogen) atoms. The Labute approximate surface area is 166 Å². The molecule has 0 unspecified atom stereocenters. The van der Waals surface area contributed by atoms with E-state index in [0.717, 1.165) is 11.4 Å². The number of furan rings is 1. The molecule has 0 atom stereocenters. The van der Waals surface area contributed by atoms with Gasteiger partial charge in [-0.2, -0.15) is 0 Å². The number of piperazine rings is 1. The second-order valence-corrected chi connectivity index (χ2v) is 6.86. The number of hydrogen-bond donors (Lipinski definition) is 0. The summed E-state index contributed by atoms with van der Waals surface area (Å²) in [4.78, 5) is 25.2. The molecular formula is C20H19N7O2. The Balaban J connectivity index is 1.34. The Morgan fingerprint density at radius 3 is 2.59 bits per heavy atom. The van der Waals surface area contributed by atoms with Crippen LogP contribution < -0.4 is 4.90 Å². The molecule has 146 valence electrons. The molecule has 9 nitrogen and oxygen atoms in total. The minimum atomic E-state index is -0.0868. The number of rotatable bonds is 4. The maximum Gasteiger partial charge on any atom is 0.289 e. The summed E-state index contributed by atoms with van der Waals surface area (Å²) in [6, 6.07) is 13.5. The summed E-state index contributed by atoms with van der Waals surface area (Å²) in [7, 11) is 0. The molecule has 3 aromatic heterocycles. The Bertz CT molecular complexity index is 1120. The molecule has 5 rings (SSSR count). The lowest BCUT2D eigenvalue weighted by atomic mass is 10.2. The monoisotopic (exact) mass is 389 g/mol. The molecule has 0 spiro atoms. The zero-order valence-corrected chi connectivity index (χ0v) is 15.7. The van der Waals surface area contributed by atoms with Gasteiger partial charge in [0.15, 0.2) is 22.7 Å². The molecule has 1 aliphatic rings. The van der Waals surface area contributed by atoms with Crippen molar-refractivity contribution in [2.75, 3.05) is 31.1 Å². The van der Waals surface area contributed by atoms with Gasteiger partial charge in [-0.1, -0.05) is 35.5 Å². The van der Waals surface area contributed by atoms with Gasteiger partial charge in [-0.15, -0.1) is 5.10 Å². The molecule has 1 aromatic carbocycles. The Morgan fingerprint density at radius 2 is 1.83 bits per heavy atom. The zero-order chi connectivity index (χ0) is 19.6. The third-order valence-electron chi connectivity index (χ3n) is 5.05. The van der Waals surface area contributed by atoms with Crippen LogP contribution in [-0.2, 0) is 6.54 Å². The minimum absolute atomic E-state index is 0.0868. The van der Waals surface area contributed by atoms with E-state index in [1.54, 1.807) is 28.0 Å². The highest BCUT2D eigenvalue weighted by molar-refractivity contribution is 5.91. The zero-order valence-electron chi connectivity index (χ0n) is 15.7. The third-order valence-corrected chi connectivity index (χ3v) is 5.05. The van der Waals surface area contributed by atoms with Crippen molar-refractivity contribution in [2.45, 2.75) is 6.54 Å². The predicted octanol–water partition coefficient (Wildman–Crippen LogP) is 1.82. The van der Waals surface area contributed by atoms with E-state index in [4.69, 9.17) is 4.42 Å². The standard InChI is InChI=1S/C20H19N7O2/c28-20(16-7-4-12-29-16)26-10-8-25(9-11-26)18-17-19(22-14-21-18)27(24-23-17)13-15-5-2-1-3-6-15/h1-7,12,14H,8-11,13H2. The van der Waals surface area contributed by atoms with Gasteiger partial charge in [0.1, 0.15) is 6.33 Å². The highest BCUT2D eigenvalue weighted by Crippen LogP contribution is 2.22. The Hall–Kier alpha value is -3.75. The average Bonchev–Trinajstić information content (AvgIpc) is 3.45. The van der Waals surface area contributed by atoms with Gasteiger partial charge in [0.05, 0.1) is 12.8 Å². The number of benzene rings is 1. The lowest BCUT2D eigenvalue weighted by Crippen LogP contribution is -2.49. The fourth-order valence-corrected chi connectivity index (χ4v) is 3.55. The predicted molar refractivity (Wildman–Crippen MR) is 105 cm³/mol. The van der Waals surface area contributed by atoms with Gasteiger partial charge in [-0.3, -0.25) is 4.79 Å². The van der Waals surface area contributed by atoms with Crippen LogP contribution in [0.4, 0.5) is 5.82 Å². The molecule has 0 bridgehead atoms. The SMILES string of the molecule is O=C(c1ccco1)N1CCN(c2ncnc3c2nnn3Cc2ccccc2)CC1. The average molecular weight is 389 g/mol. The Kier molecular flexibility index (Phi) is 4.39. The summed E-state index contributed by atoms with van der Waals surface area (Å²) >= 11 is 0. The van der Waals surface area contributed by atoms with Gasteiger partial charge in [-0.05, 0) is 17.7 Å². The summed E-state index contributed by atoms with van der Waals surface area (Å²) in [5.74, 6) is 1.03. The van der Waals surface area contributed by atoms with Crippen molar-refractivity contribution in [3.63, 3.8) is 0 Å². The number of aromatic nitrogens is 5. The first-order chi connectivity index (χ1) is 14.3. The van der Waals surface area contributed by atoms with E-state index in [1.807, 2.05) is 30.3 Å². The van der Waals surface area contributed by atoms with E-state index in [1.165, 1.54) is 6.26 Å². The van der Waals surface area contributed by atoms with Gasteiger partial charge >= 0.3 is 0 Å². The molecule has 1 aliphatic heterocycles. The number of carbonyl (C=O) groups is 1. The van der Waals surface area contributed by atoms with Gasteiger partial charge in [-0.25, -0.2) is 14.6 Å². The van der Waals surface area contributed by atoms with Crippen molar-refractivity contribution in [3.05, 3.63) is 66.4 Å². The van der Waals surface area contributed by atoms with Crippen molar-refractivity contribution in [1.29, 1.82) is 0 Å². The van der Waals surface area contributed by atoms with Crippen LogP contribution in [0.3, 0.4) is 0 Å². The van der Waals surface area contributed by atoms with Gasteiger partial charge < -0.3 is 14.2 Å². The van der Waals surface area contributed by atoms with Crippen LogP contribution in [0.25, 0.3) is 11.2 Å². The second-order valence-electron chi connectivity index (χ2n) is 6.86. The fraction of sp³-hybridized carbons (Fsp3) is 0.250. The quantitative estimate of drug-likeness (QED) is 0.526. The summed E-state index contributed by atoms with van der Waals surface area (Å²) in [5.41, 5.74) is 2.51. The summed E-state index contributed by atoms with van der Waals surface area (Å²) in [5, 5.41) is 8.62. The third kappa shape index (κ3) is 3.31.